The number of aromatic nitrogens is 2. The second-order valence-electron chi connectivity index (χ2n) is 3.81. The third kappa shape index (κ3) is 3.10. The predicted octanol–water partition coefficient (Wildman–Crippen LogP) is 1.57. The molecule has 0 aliphatic heterocycles. The van der Waals surface area contributed by atoms with E-state index in [4.69, 9.17) is 5.11 Å². The molecular weight excluding hydrogens is 267 g/mol. The van der Waals surface area contributed by atoms with Crippen molar-refractivity contribution in [3.05, 3.63) is 47.8 Å². The Labute approximate surface area is 112 Å². The van der Waals surface area contributed by atoms with Crippen molar-refractivity contribution >= 4 is 17.7 Å². The third-order valence-electron chi connectivity index (χ3n) is 2.45. The van der Waals surface area contributed by atoms with Gasteiger partial charge in [-0.1, -0.05) is 6.07 Å². The minimum absolute atomic E-state index is 0.116. The van der Waals surface area contributed by atoms with Crippen LogP contribution in [0.4, 0.5) is 14.9 Å². The summed E-state index contributed by atoms with van der Waals surface area (Å²) >= 11 is 0. The van der Waals surface area contributed by atoms with Crippen LogP contribution in [0.25, 0.3) is 0 Å². The van der Waals surface area contributed by atoms with E-state index in [0.717, 1.165) is 6.07 Å². The average Bonchev–Trinajstić information content (AvgIpc) is 2.89. The first kappa shape index (κ1) is 13.5. The smallest absolute Gasteiger partial charge is 0.340 e. The highest BCUT2D eigenvalue weighted by Gasteiger charge is 2.17. The van der Waals surface area contributed by atoms with Crippen LogP contribution in [0.3, 0.4) is 0 Å². The predicted molar refractivity (Wildman–Crippen MR) is 67.8 cm³/mol. The monoisotopic (exact) mass is 278 g/mol. The molecule has 0 unspecified atom stereocenters. The van der Waals surface area contributed by atoms with E-state index in [-0.39, 0.29) is 12.2 Å². The number of carbonyl (C=O) groups excluding carboxylic acids is 1. The van der Waals surface area contributed by atoms with Crippen LogP contribution in [0.2, 0.25) is 0 Å². The highest BCUT2D eigenvalue weighted by atomic mass is 19.1. The number of carbonyl (C=O) groups is 2. The Hall–Kier alpha value is -2.90. The number of imidazole rings is 1. The summed E-state index contributed by atoms with van der Waals surface area (Å²) in [7, 11) is 0. The van der Waals surface area contributed by atoms with Gasteiger partial charge in [0, 0.05) is 12.4 Å². The zero-order valence-corrected chi connectivity index (χ0v) is 10.2. The maximum absolute atomic E-state index is 13.4. The van der Waals surface area contributed by atoms with Crippen LogP contribution in [0.5, 0.6) is 0 Å². The van der Waals surface area contributed by atoms with Gasteiger partial charge in [0.25, 0.3) is 0 Å². The normalized spacial score (nSPS) is 10.1. The van der Waals surface area contributed by atoms with Crippen molar-refractivity contribution in [2.75, 3.05) is 5.32 Å². The second-order valence-corrected chi connectivity index (χ2v) is 3.81. The first-order valence-corrected chi connectivity index (χ1v) is 5.63. The van der Waals surface area contributed by atoms with Crippen LogP contribution >= 0.6 is 0 Å². The van der Waals surface area contributed by atoms with Gasteiger partial charge in [0.2, 0.25) is 0 Å². The number of H-pyrrole nitrogens is 1. The molecule has 0 saturated heterocycles. The summed E-state index contributed by atoms with van der Waals surface area (Å²) in [6.07, 6.45) is 3.13. The van der Waals surface area contributed by atoms with Gasteiger partial charge in [-0.2, -0.15) is 0 Å². The number of halogens is 1. The van der Waals surface area contributed by atoms with E-state index >= 15 is 0 Å². The van der Waals surface area contributed by atoms with Crippen LogP contribution in [-0.2, 0) is 6.54 Å². The number of benzene rings is 1. The molecule has 0 aliphatic rings. The number of aromatic carboxylic acids is 1. The summed E-state index contributed by atoms with van der Waals surface area (Å²) in [4.78, 5) is 29.2. The molecule has 20 heavy (non-hydrogen) atoms. The SMILES string of the molecule is O=C(NCc1ncc[nH]1)Nc1cccc(F)c1C(=O)O. The van der Waals surface area contributed by atoms with Gasteiger partial charge in [-0.25, -0.2) is 19.0 Å². The van der Waals surface area contributed by atoms with Gasteiger partial charge in [-0.3, -0.25) is 0 Å². The first-order chi connectivity index (χ1) is 9.58. The molecule has 8 heteroatoms. The summed E-state index contributed by atoms with van der Waals surface area (Å²) in [5.41, 5.74) is -0.699. The minimum atomic E-state index is -1.45. The number of urea groups is 1. The molecule has 0 saturated carbocycles. The van der Waals surface area contributed by atoms with Crippen molar-refractivity contribution in [2.24, 2.45) is 0 Å². The number of nitrogens with zero attached hydrogens (tertiary/aromatic N) is 1. The maximum Gasteiger partial charge on any atom is 0.340 e. The van der Waals surface area contributed by atoms with Crippen molar-refractivity contribution in [1.29, 1.82) is 0 Å². The molecule has 1 heterocycles. The summed E-state index contributed by atoms with van der Waals surface area (Å²) in [5, 5.41) is 13.7. The standard InChI is InChI=1S/C12H11FN4O3/c13-7-2-1-3-8(10(7)11(18)19)17-12(20)16-6-9-14-4-5-15-9/h1-5H,6H2,(H,14,15)(H,18,19)(H2,16,17,20). The molecule has 7 nitrogen and oxygen atoms in total. The number of rotatable bonds is 4. The van der Waals surface area contributed by atoms with Crippen LogP contribution in [-0.4, -0.2) is 27.1 Å². The summed E-state index contributed by atoms with van der Waals surface area (Å²) in [5.74, 6) is -1.83. The van der Waals surface area contributed by atoms with Gasteiger partial charge in [-0.05, 0) is 12.1 Å². The number of carboxylic acids is 1. The van der Waals surface area contributed by atoms with Crippen molar-refractivity contribution in [3.63, 3.8) is 0 Å². The van der Waals surface area contributed by atoms with Crippen molar-refractivity contribution in [3.8, 4) is 0 Å². The van der Waals surface area contributed by atoms with Crippen molar-refractivity contribution in [1.82, 2.24) is 15.3 Å². The molecule has 1 aromatic heterocycles. The van der Waals surface area contributed by atoms with Gasteiger partial charge in [0.05, 0.1) is 12.2 Å². The Morgan fingerprint density at radius 2 is 2.20 bits per heavy atom. The second kappa shape index (κ2) is 5.83. The molecule has 2 aromatic rings. The quantitative estimate of drug-likeness (QED) is 0.680. The average molecular weight is 278 g/mol. The van der Waals surface area contributed by atoms with E-state index < -0.39 is 23.4 Å². The van der Waals surface area contributed by atoms with E-state index in [9.17, 15) is 14.0 Å². The highest BCUT2D eigenvalue weighted by molar-refractivity contribution is 6.00. The van der Waals surface area contributed by atoms with E-state index in [2.05, 4.69) is 20.6 Å². The van der Waals surface area contributed by atoms with E-state index in [1.165, 1.54) is 18.3 Å². The fourth-order valence-electron chi connectivity index (χ4n) is 1.57. The third-order valence-corrected chi connectivity index (χ3v) is 2.45. The molecule has 2 rings (SSSR count). The molecule has 104 valence electrons. The Kier molecular flexibility index (Phi) is 3.94. The fourth-order valence-corrected chi connectivity index (χ4v) is 1.57. The number of anilines is 1. The lowest BCUT2D eigenvalue weighted by Gasteiger charge is -2.09. The number of aromatic amines is 1. The molecule has 4 N–H and O–H groups in total. The zero-order valence-electron chi connectivity index (χ0n) is 10.2. The Balaban J connectivity index is 2.04. The molecule has 0 atom stereocenters. The minimum Gasteiger partial charge on any atom is -0.478 e. The molecule has 2 amide bonds. The lowest BCUT2D eigenvalue weighted by Crippen LogP contribution is -2.29. The van der Waals surface area contributed by atoms with Gasteiger partial charge in [-0.15, -0.1) is 0 Å². The molecule has 1 aromatic carbocycles. The van der Waals surface area contributed by atoms with Crippen LogP contribution in [0, 0.1) is 5.82 Å². The first-order valence-electron chi connectivity index (χ1n) is 5.63. The zero-order chi connectivity index (χ0) is 14.5. The molecule has 0 fully saturated rings. The van der Waals surface area contributed by atoms with Crippen LogP contribution < -0.4 is 10.6 Å². The van der Waals surface area contributed by atoms with Crippen molar-refractivity contribution in [2.45, 2.75) is 6.54 Å². The Morgan fingerprint density at radius 1 is 1.40 bits per heavy atom. The highest BCUT2D eigenvalue weighted by Crippen LogP contribution is 2.18. The Morgan fingerprint density at radius 3 is 2.85 bits per heavy atom. The van der Waals surface area contributed by atoms with E-state index in [0.29, 0.717) is 5.82 Å². The topological polar surface area (TPSA) is 107 Å². The lowest BCUT2D eigenvalue weighted by atomic mass is 10.1. The summed E-state index contributed by atoms with van der Waals surface area (Å²) in [6.45, 7) is 0.135. The maximum atomic E-state index is 13.4. The molecule has 0 spiro atoms. The van der Waals surface area contributed by atoms with E-state index in [1.807, 2.05) is 0 Å². The lowest BCUT2D eigenvalue weighted by molar-refractivity contribution is 0.0693. The molecular formula is C12H11FN4O3. The fraction of sp³-hybridized carbons (Fsp3) is 0.0833. The number of hydrogen-bond acceptors (Lipinski definition) is 3. The van der Waals surface area contributed by atoms with Crippen LogP contribution in [0.1, 0.15) is 16.2 Å². The summed E-state index contributed by atoms with van der Waals surface area (Å²) < 4.78 is 13.4. The van der Waals surface area contributed by atoms with Gasteiger partial charge < -0.3 is 20.7 Å². The van der Waals surface area contributed by atoms with E-state index in [1.54, 1.807) is 6.20 Å². The van der Waals surface area contributed by atoms with Gasteiger partial charge >= 0.3 is 12.0 Å². The number of amides is 2. The number of nitrogens with one attached hydrogen (secondary N) is 3. The number of hydrogen-bond donors (Lipinski definition) is 4. The summed E-state index contributed by atoms with van der Waals surface area (Å²) in [6, 6.07) is 2.97. The molecule has 0 aliphatic carbocycles. The Bertz CT molecular complexity index is 628. The van der Waals surface area contributed by atoms with Crippen LogP contribution in [0.15, 0.2) is 30.6 Å². The van der Waals surface area contributed by atoms with Crippen molar-refractivity contribution < 1.29 is 19.1 Å². The van der Waals surface area contributed by atoms with Gasteiger partial charge in [0.1, 0.15) is 17.2 Å². The molecule has 0 radical (unpaired) electrons. The number of carboxylic acid groups (broad SMARTS) is 1. The van der Waals surface area contributed by atoms with Gasteiger partial charge in [0.15, 0.2) is 0 Å². The largest absolute Gasteiger partial charge is 0.478 e. The molecule has 0 bridgehead atoms.